The second-order valence-electron chi connectivity index (χ2n) is 6.71. The minimum Gasteiger partial charge on any atom is -0.394 e. The van der Waals surface area contributed by atoms with Crippen LogP contribution in [0.4, 0.5) is 4.79 Å². The van der Waals surface area contributed by atoms with Gasteiger partial charge in [0, 0.05) is 11.6 Å². The van der Waals surface area contributed by atoms with Crippen molar-refractivity contribution in [1.82, 2.24) is 10.6 Å². The molecule has 0 spiro atoms. The lowest BCUT2D eigenvalue weighted by molar-refractivity contribution is 0.126. The molecule has 0 aliphatic heterocycles. The van der Waals surface area contributed by atoms with Crippen LogP contribution in [0.1, 0.15) is 57.4 Å². The number of hydrogen-bond acceptors (Lipinski definition) is 3. The van der Waals surface area contributed by atoms with Crippen molar-refractivity contribution < 1.29 is 15.0 Å². The molecule has 152 valence electrons. The number of carbonyl (C=O) groups is 1. The highest BCUT2D eigenvalue weighted by molar-refractivity contribution is 6.30. The molecule has 2 amide bonds. The summed E-state index contributed by atoms with van der Waals surface area (Å²) in [5.74, 6) is 0. The normalized spacial score (nSPS) is 13.5. The van der Waals surface area contributed by atoms with E-state index in [1.54, 1.807) is 24.3 Å². The van der Waals surface area contributed by atoms with E-state index in [9.17, 15) is 15.0 Å². The van der Waals surface area contributed by atoms with E-state index in [1.807, 2.05) is 12.1 Å². The quantitative estimate of drug-likeness (QED) is 0.378. The molecule has 5 nitrogen and oxygen atoms in total. The van der Waals surface area contributed by atoms with Gasteiger partial charge in [0.15, 0.2) is 0 Å². The molecule has 27 heavy (non-hydrogen) atoms. The summed E-state index contributed by atoms with van der Waals surface area (Å²) in [4.78, 5) is 11.9. The minimum absolute atomic E-state index is 0.350. The zero-order valence-corrected chi connectivity index (χ0v) is 16.9. The van der Waals surface area contributed by atoms with Crippen molar-refractivity contribution in [2.24, 2.45) is 0 Å². The Morgan fingerprint density at radius 3 is 2.37 bits per heavy atom. The average Bonchev–Trinajstić information content (AvgIpc) is 2.67. The standard InChI is InChI=1S/C21H33ClN2O3/c1-2-3-4-5-6-7-8-15-23-21(27)24-19(16-25)20(26)14-11-17-9-12-18(22)13-10-17/h9-14,19-20,25-26H,2-8,15-16H2,1H3,(H2,23,24,27). The van der Waals surface area contributed by atoms with E-state index in [-0.39, 0.29) is 12.6 Å². The molecule has 0 heterocycles. The van der Waals surface area contributed by atoms with Crippen LogP contribution < -0.4 is 10.6 Å². The van der Waals surface area contributed by atoms with Crippen LogP contribution >= 0.6 is 11.6 Å². The minimum atomic E-state index is -0.991. The van der Waals surface area contributed by atoms with E-state index in [0.717, 1.165) is 18.4 Å². The Hall–Kier alpha value is -1.56. The number of urea groups is 1. The molecule has 0 aromatic heterocycles. The first kappa shape index (κ1) is 23.5. The monoisotopic (exact) mass is 396 g/mol. The number of carbonyl (C=O) groups excluding carboxylic acids is 1. The maximum Gasteiger partial charge on any atom is 0.315 e. The van der Waals surface area contributed by atoms with Crippen molar-refractivity contribution in [3.8, 4) is 0 Å². The molecule has 2 unspecified atom stereocenters. The molecule has 0 saturated carbocycles. The van der Waals surface area contributed by atoms with E-state index in [2.05, 4.69) is 17.6 Å². The Morgan fingerprint density at radius 2 is 1.74 bits per heavy atom. The van der Waals surface area contributed by atoms with Gasteiger partial charge in [0.2, 0.25) is 0 Å². The van der Waals surface area contributed by atoms with Gasteiger partial charge in [0.25, 0.3) is 0 Å². The van der Waals surface area contributed by atoms with Crippen LogP contribution in [-0.2, 0) is 0 Å². The van der Waals surface area contributed by atoms with Crippen molar-refractivity contribution in [3.63, 3.8) is 0 Å². The predicted molar refractivity (Wildman–Crippen MR) is 112 cm³/mol. The molecule has 1 aromatic rings. The number of aliphatic hydroxyl groups excluding tert-OH is 2. The number of unbranched alkanes of at least 4 members (excludes halogenated alkanes) is 6. The summed E-state index contributed by atoms with van der Waals surface area (Å²) < 4.78 is 0. The van der Waals surface area contributed by atoms with Crippen molar-refractivity contribution in [2.45, 2.75) is 64.0 Å². The Balaban J connectivity index is 2.26. The molecule has 1 rings (SSSR count). The molecule has 0 saturated heterocycles. The Labute approximate surface area is 167 Å². The summed E-state index contributed by atoms with van der Waals surface area (Å²) in [7, 11) is 0. The zero-order chi connectivity index (χ0) is 19.9. The Kier molecular flexibility index (Phi) is 12.6. The average molecular weight is 397 g/mol. The molecular formula is C21H33ClN2O3. The summed E-state index contributed by atoms with van der Waals surface area (Å²) >= 11 is 5.83. The lowest BCUT2D eigenvalue weighted by atomic mass is 10.1. The van der Waals surface area contributed by atoms with Crippen LogP contribution in [0.3, 0.4) is 0 Å². The smallest absolute Gasteiger partial charge is 0.315 e. The van der Waals surface area contributed by atoms with Gasteiger partial charge in [-0.1, -0.05) is 81.3 Å². The highest BCUT2D eigenvalue weighted by Crippen LogP contribution is 2.11. The molecule has 4 N–H and O–H groups in total. The molecule has 0 aliphatic rings. The fourth-order valence-corrected chi connectivity index (χ4v) is 2.79. The van der Waals surface area contributed by atoms with Crippen LogP contribution in [0.25, 0.3) is 6.08 Å². The summed E-state index contributed by atoms with van der Waals surface area (Å²) in [5.41, 5.74) is 0.874. The third-order valence-electron chi connectivity index (χ3n) is 4.35. The molecule has 0 radical (unpaired) electrons. The molecule has 2 atom stereocenters. The largest absolute Gasteiger partial charge is 0.394 e. The van der Waals surface area contributed by atoms with E-state index >= 15 is 0 Å². The van der Waals surface area contributed by atoms with Gasteiger partial charge in [0.05, 0.1) is 18.8 Å². The van der Waals surface area contributed by atoms with Crippen LogP contribution in [0.2, 0.25) is 5.02 Å². The summed E-state index contributed by atoms with van der Waals surface area (Å²) in [6.07, 6.45) is 10.6. The maximum absolute atomic E-state index is 11.9. The van der Waals surface area contributed by atoms with Gasteiger partial charge in [-0.15, -0.1) is 0 Å². The number of aliphatic hydroxyl groups is 2. The number of nitrogens with one attached hydrogen (secondary N) is 2. The molecule has 6 heteroatoms. The van der Waals surface area contributed by atoms with Gasteiger partial charge < -0.3 is 20.8 Å². The van der Waals surface area contributed by atoms with Gasteiger partial charge in [-0.2, -0.15) is 0 Å². The molecule has 0 bridgehead atoms. The van der Waals surface area contributed by atoms with Gasteiger partial charge >= 0.3 is 6.03 Å². The maximum atomic E-state index is 11.9. The number of amides is 2. The molecular weight excluding hydrogens is 364 g/mol. The van der Waals surface area contributed by atoms with Crippen LogP contribution in [0.15, 0.2) is 30.3 Å². The first-order chi connectivity index (χ1) is 13.1. The van der Waals surface area contributed by atoms with E-state index in [4.69, 9.17) is 11.6 Å². The van der Waals surface area contributed by atoms with Crippen molar-refractivity contribution in [3.05, 3.63) is 40.9 Å². The number of halogens is 1. The summed E-state index contributed by atoms with van der Waals surface area (Å²) in [5, 5.41) is 25.6. The lowest BCUT2D eigenvalue weighted by Gasteiger charge is -2.20. The number of benzene rings is 1. The van der Waals surface area contributed by atoms with Crippen LogP contribution in [-0.4, -0.2) is 41.5 Å². The Morgan fingerprint density at radius 1 is 1.11 bits per heavy atom. The van der Waals surface area contributed by atoms with Crippen LogP contribution in [0, 0.1) is 0 Å². The highest BCUT2D eigenvalue weighted by Gasteiger charge is 2.18. The van der Waals surface area contributed by atoms with Gasteiger partial charge in [-0.05, 0) is 24.1 Å². The van der Waals surface area contributed by atoms with Crippen molar-refractivity contribution >= 4 is 23.7 Å². The van der Waals surface area contributed by atoms with Gasteiger partial charge in [-0.25, -0.2) is 4.79 Å². The third-order valence-corrected chi connectivity index (χ3v) is 4.60. The van der Waals surface area contributed by atoms with E-state index in [0.29, 0.717) is 11.6 Å². The van der Waals surface area contributed by atoms with Crippen molar-refractivity contribution in [2.75, 3.05) is 13.2 Å². The lowest BCUT2D eigenvalue weighted by Crippen LogP contribution is -2.49. The second kappa shape index (κ2) is 14.5. The first-order valence-electron chi connectivity index (χ1n) is 9.84. The summed E-state index contributed by atoms with van der Waals surface area (Å²) in [6, 6.07) is 6.02. The highest BCUT2D eigenvalue weighted by atomic mass is 35.5. The van der Waals surface area contributed by atoms with Gasteiger partial charge in [0.1, 0.15) is 0 Å². The number of hydrogen-bond donors (Lipinski definition) is 4. The fourth-order valence-electron chi connectivity index (χ4n) is 2.66. The second-order valence-corrected chi connectivity index (χ2v) is 7.15. The predicted octanol–water partition coefficient (Wildman–Crippen LogP) is 4.12. The first-order valence-corrected chi connectivity index (χ1v) is 10.2. The Bertz CT molecular complexity index is 549. The summed E-state index contributed by atoms with van der Waals surface area (Å²) in [6.45, 7) is 2.44. The number of rotatable bonds is 13. The third kappa shape index (κ3) is 11.0. The molecule has 1 aromatic carbocycles. The van der Waals surface area contributed by atoms with Crippen molar-refractivity contribution in [1.29, 1.82) is 0 Å². The van der Waals surface area contributed by atoms with E-state index < -0.39 is 12.1 Å². The zero-order valence-electron chi connectivity index (χ0n) is 16.2. The van der Waals surface area contributed by atoms with Crippen LogP contribution in [0.5, 0.6) is 0 Å². The topological polar surface area (TPSA) is 81.6 Å². The fraction of sp³-hybridized carbons (Fsp3) is 0.571. The van der Waals surface area contributed by atoms with Gasteiger partial charge in [-0.3, -0.25) is 0 Å². The molecule has 0 aliphatic carbocycles. The molecule has 0 fully saturated rings. The SMILES string of the molecule is CCCCCCCCCNC(=O)NC(CO)C(O)C=Cc1ccc(Cl)cc1. The van der Waals surface area contributed by atoms with E-state index in [1.165, 1.54) is 32.1 Å².